The Morgan fingerprint density at radius 3 is 2.61 bits per heavy atom. The van der Waals surface area contributed by atoms with Crippen LogP contribution in [-0.4, -0.2) is 9.78 Å². The van der Waals surface area contributed by atoms with E-state index in [0.29, 0.717) is 16.8 Å². The molecular formula is C13H13Cl2FN2. The van der Waals surface area contributed by atoms with Gasteiger partial charge < -0.3 is 0 Å². The molecule has 2 rings (SSSR count). The molecule has 0 aliphatic rings. The van der Waals surface area contributed by atoms with Crippen LogP contribution in [0.25, 0.3) is 5.69 Å². The molecule has 0 N–H and O–H groups in total. The van der Waals surface area contributed by atoms with Crippen LogP contribution in [0.15, 0.2) is 24.3 Å². The van der Waals surface area contributed by atoms with Crippen molar-refractivity contribution in [3.05, 3.63) is 46.0 Å². The smallest absolute Gasteiger partial charge is 0.143 e. The molecule has 0 atom stereocenters. The number of hydrogen-bond donors (Lipinski definition) is 0. The van der Waals surface area contributed by atoms with E-state index in [2.05, 4.69) is 18.9 Å². The number of hydrogen-bond acceptors (Lipinski definition) is 1. The highest BCUT2D eigenvalue weighted by molar-refractivity contribution is 6.31. The molecule has 0 aliphatic carbocycles. The third-order valence-corrected chi connectivity index (χ3v) is 3.06. The van der Waals surface area contributed by atoms with Gasteiger partial charge in [-0.05, 0) is 30.5 Å². The first kappa shape index (κ1) is 13.4. The predicted molar refractivity (Wildman–Crippen MR) is 72.1 cm³/mol. The van der Waals surface area contributed by atoms with E-state index in [4.69, 9.17) is 23.2 Å². The Morgan fingerprint density at radius 2 is 2.00 bits per heavy atom. The second-order valence-corrected chi connectivity index (χ2v) is 5.36. The van der Waals surface area contributed by atoms with Gasteiger partial charge in [-0.1, -0.05) is 37.0 Å². The standard InChI is InChI=1S/C13H13Cl2FN2/c1-8(2)5-9-6-13(15)18(17-9)10-3-4-11(14)12(16)7-10/h3-4,6-8H,5H2,1-2H3. The van der Waals surface area contributed by atoms with E-state index in [1.54, 1.807) is 12.1 Å². The molecule has 5 heteroatoms. The first-order valence-electron chi connectivity index (χ1n) is 5.67. The van der Waals surface area contributed by atoms with Crippen molar-refractivity contribution in [2.45, 2.75) is 20.3 Å². The SMILES string of the molecule is CC(C)Cc1cc(Cl)n(-c2ccc(Cl)c(F)c2)n1. The maximum atomic E-state index is 13.4. The number of aromatic nitrogens is 2. The molecule has 0 unspecified atom stereocenters. The molecule has 2 aromatic rings. The summed E-state index contributed by atoms with van der Waals surface area (Å²) in [6.45, 7) is 4.21. The average molecular weight is 287 g/mol. The zero-order valence-corrected chi connectivity index (χ0v) is 11.6. The van der Waals surface area contributed by atoms with Gasteiger partial charge in [-0.15, -0.1) is 0 Å². The Balaban J connectivity index is 2.38. The molecule has 0 aliphatic heterocycles. The van der Waals surface area contributed by atoms with E-state index in [0.717, 1.165) is 12.1 Å². The quantitative estimate of drug-likeness (QED) is 0.811. The highest BCUT2D eigenvalue weighted by Crippen LogP contribution is 2.22. The van der Waals surface area contributed by atoms with Crippen LogP contribution in [0.5, 0.6) is 0 Å². The van der Waals surface area contributed by atoms with Crippen LogP contribution in [-0.2, 0) is 6.42 Å². The first-order valence-corrected chi connectivity index (χ1v) is 6.43. The van der Waals surface area contributed by atoms with Crippen LogP contribution in [0.4, 0.5) is 4.39 Å². The molecule has 96 valence electrons. The van der Waals surface area contributed by atoms with Crippen LogP contribution in [0.3, 0.4) is 0 Å². The molecule has 0 fully saturated rings. The Kier molecular flexibility index (Phi) is 3.93. The Morgan fingerprint density at radius 1 is 1.28 bits per heavy atom. The Labute approximate surface area is 115 Å². The third kappa shape index (κ3) is 2.85. The molecule has 2 nitrogen and oxygen atoms in total. The van der Waals surface area contributed by atoms with E-state index in [9.17, 15) is 4.39 Å². The minimum absolute atomic E-state index is 0.0874. The van der Waals surface area contributed by atoms with Crippen molar-refractivity contribution >= 4 is 23.2 Å². The van der Waals surface area contributed by atoms with Crippen molar-refractivity contribution in [1.29, 1.82) is 0 Å². The van der Waals surface area contributed by atoms with Gasteiger partial charge in [0.1, 0.15) is 11.0 Å². The lowest BCUT2D eigenvalue weighted by atomic mass is 10.1. The summed E-state index contributed by atoms with van der Waals surface area (Å²) in [7, 11) is 0. The summed E-state index contributed by atoms with van der Waals surface area (Å²) in [5.74, 6) is 0.0116. The Bertz CT molecular complexity index is 564. The largest absolute Gasteiger partial charge is 0.222 e. The number of nitrogens with zero attached hydrogens (tertiary/aromatic N) is 2. The van der Waals surface area contributed by atoms with Gasteiger partial charge in [0.15, 0.2) is 0 Å². The van der Waals surface area contributed by atoms with E-state index in [-0.39, 0.29) is 5.02 Å². The summed E-state index contributed by atoms with van der Waals surface area (Å²) in [6.07, 6.45) is 0.836. The summed E-state index contributed by atoms with van der Waals surface area (Å²) in [5, 5.41) is 4.92. The fourth-order valence-electron chi connectivity index (χ4n) is 1.72. The van der Waals surface area contributed by atoms with Gasteiger partial charge in [0, 0.05) is 6.07 Å². The first-order chi connectivity index (χ1) is 8.47. The predicted octanol–water partition coefficient (Wildman–Crippen LogP) is 4.52. The van der Waals surface area contributed by atoms with Crippen LogP contribution >= 0.6 is 23.2 Å². The van der Waals surface area contributed by atoms with Crippen LogP contribution in [0.2, 0.25) is 10.2 Å². The van der Waals surface area contributed by atoms with Crippen molar-refractivity contribution in [2.75, 3.05) is 0 Å². The highest BCUT2D eigenvalue weighted by Gasteiger charge is 2.10. The fourth-order valence-corrected chi connectivity index (χ4v) is 2.10. The number of rotatable bonds is 3. The fraction of sp³-hybridized carbons (Fsp3) is 0.308. The number of halogens is 3. The molecule has 18 heavy (non-hydrogen) atoms. The third-order valence-electron chi connectivity index (χ3n) is 2.48. The highest BCUT2D eigenvalue weighted by atomic mass is 35.5. The summed E-state index contributed by atoms with van der Waals surface area (Å²) in [5.41, 5.74) is 1.46. The zero-order valence-electron chi connectivity index (χ0n) is 10.1. The summed E-state index contributed by atoms with van der Waals surface area (Å²) < 4.78 is 14.9. The van der Waals surface area contributed by atoms with E-state index < -0.39 is 5.82 Å². The minimum Gasteiger partial charge on any atom is -0.222 e. The molecule has 1 heterocycles. The Hall–Kier alpha value is -1.06. The van der Waals surface area contributed by atoms with Crippen molar-refractivity contribution in [3.8, 4) is 5.69 Å². The second kappa shape index (κ2) is 5.29. The van der Waals surface area contributed by atoms with E-state index >= 15 is 0 Å². The van der Waals surface area contributed by atoms with Crippen LogP contribution < -0.4 is 0 Å². The lowest BCUT2D eigenvalue weighted by Gasteiger charge is -2.04. The van der Waals surface area contributed by atoms with Crippen molar-refractivity contribution < 1.29 is 4.39 Å². The molecule has 1 aromatic carbocycles. The van der Waals surface area contributed by atoms with Crippen molar-refractivity contribution in [3.63, 3.8) is 0 Å². The molecule has 0 spiro atoms. The van der Waals surface area contributed by atoms with Crippen molar-refractivity contribution in [1.82, 2.24) is 9.78 Å². The van der Waals surface area contributed by atoms with Gasteiger partial charge in [-0.25, -0.2) is 9.07 Å². The summed E-state index contributed by atoms with van der Waals surface area (Å²) >= 11 is 11.7. The molecule has 0 saturated carbocycles. The maximum absolute atomic E-state index is 13.4. The molecular weight excluding hydrogens is 274 g/mol. The molecule has 0 radical (unpaired) electrons. The van der Waals surface area contributed by atoms with Crippen LogP contribution in [0.1, 0.15) is 19.5 Å². The van der Waals surface area contributed by atoms with Crippen molar-refractivity contribution in [2.24, 2.45) is 5.92 Å². The maximum Gasteiger partial charge on any atom is 0.143 e. The minimum atomic E-state index is -0.480. The van der Waals surface area contributed by atoms with Gasteiger partial charge in [0.2, 0.25) is 0 Å². The van der Waals surface area contributed by atoms with Gasteiger partial charge in [0.05, 0.1) is 16.4 Å². The van der Waals surface area contributed by atoms with Crippen LogP contribution in [0, 0.1) is 11.7 Å². The topological polar surface area (TPSA) is 17.8 Å². The average Bonchev–Trinajstić information content (AvgIpc) is 2.62. The molecule has 1 aromatic heterocycles. The molecule has 0 saturated heterocycles. The summed E-state index contributed by atoms with van der Waals surface area (Å²) in [4.78, 5) is 0. The van der Waals surface area contributed by atoms with E-state index in [1.165, 1.54) is 16.8 Å². The molecule has 0 bridgehead atoms. The second-order valence-electron chi connectivity index (χ2n) is 4.57. The van der Waals surface area contributed by atoms with Gasteiger partial charge in [-0.3, -0.25) is 0 Å². The van der Waals surface area contributed by atoms with E-state index in [1.807, 2.05) is 0 Å². The van der Waals surface area contributed by atoms with Gasteiger partial charge in [0.25, 0.3) is 0 Å². The normalized spacial score (nSPS) is 11.2. The summed E-state index contributed by atoms with van der Waals surface area (Å²) in [6, 6.07) is 6.30. The number of benzene rings is 1. The lowest BCUT2D eigenvalue weighted by molar-refractivity contribution is 0.620. The zero-order chi connectivity index (χ0) is 13.3. The lowest BCUT2D eigenvalue weighted by Crippen LogP contribution is -2.00. The van der Waals surface area contributed by atoms with Gasteiger partial charge >= 0.3 is 0 Å². The molecule has 0 amide bonds. The van der Waals surface area contributed by atoms with Gasteiger partial charge in [-0.2, -0.15) is 5.10 Å². The monoisotopic (exact) mass is 286 g/mol.